The van der Waals surface area contributed by atoms with Crippen molar-refractivity contribution in [2.24, 2.45) is 16.6 Å². The lowest BCUT2D eigenvalue weighted by atomic mass is 10.0. The zero-order chi connectivity index (χ0) is 15.5. The zero-order valence-electron chi connectivity index (χ0n) is 13.0. The first-order chi connectivity index (χ1) is 9.90. The Balaban J connectivity index is 1.66. The number of hydrogen-bond acceptors (Lipinski definition) is 4. The van der Waals surface area contributed by atoms with E-state index in [1.54, 1.807) is 0 Å². The van der Waals surface area contributed by atoms with E-state index in [0.717, 1.165) is 13.1 Å². The molecule has 0 spiro atoms. The third-order valence-electron chi connectivity index (χ3n) is 4.34. The molecule has 0 aromatic heterocycles. The molecule has 1 unspecified atom stereocenters. The zero-order valence-corrected chi connectivity index (χ0v) is 13.8. The van der Waals surface area contributed by atoms with Crippen LogP contribution in [-0.2, 0) is 10.0 Å². The van der Waals surface area contributed by atoms with Gasteiger partial charge in [-0.2, -0.15) is 0 Å². The molecule has 0 aliphatic carbocycles. The van der Waals surface area contributed by atoms with Crippen molar-refractivity contribution >= 4 is 16.0 Å². The fraction of sp³-hybridized carbons (Fsp3) is 0.923. The average molecular weight is 317 g/mol. The van der Waals surface area contributed by atoms with Gasteiger partial charge in [-0.25, -0.2) is 12.7 Å². The van der Waals surface area contributed by atoms with Gasteiger partial charge < -0.3 is 11.1 Å². The third kappa shape index (κ3) is 4.55. The minimum atomic E-state index is -3.04. The van der Waals surface area contributed by atoms with E-state index in [0.29, 0.717) is 37.6 Å². The monoisotopic (exact) mass is 317 g/mol. The highest BCUT2D eigenvalue weighted by atomic mass is 32.2. The van der Waals surface area contributed by atoms with Crippen LogP contribution in [0.2, 0.25) is 0 Å². The van der Waals surface area contributed by atoms with Crippen LogP contribution < -0.4 is 11.1 Å². The quantitative estimate of drug-likeness (QED) is 0.498. The van der Waals surface area contributed by atoms with E-state index < -0.39 is 10.0 Å². The molecule has 0 aromatic rings. The maximum absolute atomic E-state index is 11.3. The fourth-order valence-corrected chi connectivity index (χ4v) is 3.92. The Morgan fingerprint density at radius 1 is 1.43 bits per heavy atom. The molecule has 7 nitrogen and oxygen atoms in total. The number of hydrogen-bond donors (Lipinski definition) is 2. The van der Waals surface area contributed by atoms with E-state index in [2.05, 4.69) is 22.1 Å². The Morgan fingerprint density at radius 3 is 2.76 bits per heavy atom. The van der Waals surface area contributed by atoms with Crippen molar-refractivity contribution in [1.29, 1.82) is 0 Å². The Kier molecular flexibility index (Phi) is 5.45. The molecule has 2 saturated heterocycles. The summed E-state index contributed by atoms with van der Waals surface area (Å²) in [6.45, 7) is 6.97. The van der Waals surface area contributed by atoms with Crippen molar-refractivity contribution in [3.05, 3.63) is 0 Å². The van der Waals surface area contributed by atoms with Gasteiger partial charge in [0.2, 0.25) is 10.0 Å². The molecule has 2 heterocycles. The summed E-state index contributed by atoms with van der Waals surface area (Å²) in [4.78, 5) is 6.77. The molecule has 21 heavy (non-hydrogen) atoms. The van der Waals surface area contributed by atoms with E-state index in [-0.39, 0.29) is 0 Å². The molecular weight excluding hydrogens is 290 g/mol. The molecular formula is C13H27N5O2S. The maximum atomic E-state index is 11.3. The molecule has 0 bridgehead atoms. The van der Waals surface area contributed by atoms with Gasteiger partial charge in [-0.15, -0.1) is 0 Å². The second-order valence-corrected chi connectivity index (χ2v) is 7.96. The molecule has 0 aromatic carbocycles. The van der Waals surface area contributed by atoms with Gasteiger partial charge in [-0.3, -0.25) is 9.89 Å². The van der Waals surface area contributed by atoms with E-state index >= 15 is 0 Å². The van der Waals surface area contributed by atoms with E-state index in [1.165, 1.54) is 29.9 Å². The summed E-state index contributed by atoms with van der Waals surface area (Å²) in [6, 6.07) is 0.549. The number of nitrogens with one attached hydrogen (secondary N) is 1. The van der Waals surface area contributed by atoms with Crippen molar-refractivity contribution in [3.63, 3.8) is 0 Å². The molecule has 2 aliphatic rings. The number of nitrogens with zero attached hydrogens (tertiary/aromatic N) is 3. The van der Waals surface area contributed by atoms with Crippen molar-refractivity contribution in [1.82, 2.24) is 14.5 Å². The molecule has 8 heteroatoms. The highest BCUT2D eigenvalue weighted by Crippen LogP contribution is 2.18. The Hall–Kier alpha value is -0.860. The molecule has 2 fully saturated rings. The number of likely N-dealkylation sites (tertiary alicyclic amines) is 1. The summed E-state index contributed by atoms with van der Waals surface area (Å²) >= 11 is 0. The van der Waals surface area contributed by atoms with Crippen LogP contribution in [0.3, 0.4) is 0 Å². The van der Waals surface area contributed by atoms with E-state index in [4.69, 9.17) is 5.73 Å². The molecule has 0 saturated carbocycles. The molecule has 3 N–H and O–H groups in total. The summed E-state index contributed by atoms with van der Waals surface area (Å²) in [7, 11) is -3.04. The first-order valence-electron chi connectivity index (χ1n) is 7.63. The second-order valence-electron chi connectivity index (χ2n) is 5.98. The van der Waals surface area contributed by atoms with Gasteiger partial charge in [0.15, 0.2) is 5.96 Å². The van der Waals surface area contributed by atoms with Crippen molar-refractivity contribution < 1.29 is 8.42 Å². The van der Waals surface area contributed by atoms with Gasteiger partial charge in [-0.05, 0) is 25.9 Å². The summed E-state index contributed by atoms with van der Waals surface area (Å²) in [5, 5.41) is 3.19. The Bertz CT molecular complexity index is 473. The predicted octanol–water partition coefficient (Wildman–Crippen LogP) is -0.734. The number of guanidine groups is 1. The van der Waals surface area contributed by atoms with Crippen molar-refractivity contribution in [2.75, 3.05) is 45.5 Å². The highest BCUT2D eigenvalue weighted by molar-refractivity contribution is 7.88. The third-order valence-corrected chi connectivity index (χ3v) is 5.57. The lowest BCUT2D eigenvalue weighted by Gasteiger charge is -2.36. The van der Waals surface area contributed by atoms with Gasteiger partial charge in [0.1, 0.15) is 0 Å². The molecule has 0 radical (unpaired) electrons. The normalized spacial score (nSPS) is 26.0. The molecule has 2 rings (SSSR count). The molecule has 0 amide bonds. The minimum absolute atomic E-state index is 0.290. The SMILES string of the molecule is CCN1CCCC1CNC(N)=NCC1CN(S(C)(=O)=O)C1. The first kappa shape index (κ1) is 16.5. The molecule has 122 valence electrons. The van der Waals surface area contributed by atoms with Crippen molar-refractivity contribution in [3.8, 4) is 0 Å². The standard InChI is InChI=1S/C13H27N5O2S/c1-3-17-6-4-5-12(17)8-16-13(14)15-7-11-9-18(10-11)21(2,19)20/h11-12H,3-10H2,1-2H3,(H3,14,15,16). The number of sulfonamides is 1. The van der Waals surface area contributed by atoms with Crippen LogP contribution in [0.5, 0.6) is 0 Å². The van der Waals surface area contributed by atoms with Gasteiger partial charge in [-0.1, -0.05) is 6.92 Å². The lowest BCUT2D eigenvalue weighted by molar-refractivity contribution is 0.209. The van der Waals surface area contributed by atoms with Crippen LogP contribution in [0.4, 0.5) is 0 Å². The molecule has 1 atom stereocenters. The number of likely N-dealkylation sites (N-methyl/N-ethyl adjacent to an activating group) is 1. The maximum Gasteiger partial charge on any atom is 0.211 e. The Morgan fingerprint density at radius 2 is 2.14 bits per heavy atom. The lowest BCUT2D eigenvalue weighted by Crippen LogP contribution is -2.51. The van der Waals surface area contributed by atoms with Crippen molar-refractivity contribution in [2.45, 2.75) is 25.8 Å². The van der Waals surface area contributed by atoms with Gasteiger partial charge in [0.05, 0.1) is 6.26 Å². The van der Waals surface area contributed by atoms with Crippen LogP contribution in [0.25, 0.3) is 0 Å². The largest absolute Gasteiger partial charge is 0.370 e. The van der Waals surface area contributed by atoms with Gasteiger partial charge in [0.25, 0.3) is 0 Å². The summed E-state index contributed by atoms with van der Waals surface area (Å²) in [6.07, 6.45) is 3.70. The number of nitrogens with two attached hydrogens (primary N) is 1. The fourth-order valence-electron chi connectivity index (χ4n) is 2.96. The number of rotatable bonds is 6. The van der Waals surface area contributed by atoms with Crippen LogP contribution >= 0.6 is 0 Å². The number of aliphatic imine (C=N–C) groups is 1. The van der Waals surface area contributed by atoms with Crippen LogP contribution in [0.15, 0.2) is 4.99 Å². The Labute approximate surface area is 127 Å². The van der Waals surface area contributed by atoms with E-state index in [9.17, 15) is 8.42 Å². The highest BCUT2D eigenvalue weighted by Gasteiger charge is 2.32. The topological polar surface area (TPSA) is 91.0 Å². The first-order valence-corrected chi connectivity index (χ1v) is 9.48. The second kappa shape index (κ2) is 6.93. The van der Waals surface area contributed by atoms with E-state index in [1.807, 2.05) is 0 Å². The van der Waals surface area contributed by atoms with Crippen LogP contribution in [0, 0.1) is 5.92 Å². The predicted molar refractivity (Wildman–Crippen MR) is 84.7 cm³/mol. The van der Waals surface area contributed by atoms with Crippen LogP contribution in [-0.4, -0.2) is 75.1 Å². The average Bonchev–Trinajstić information content (AvgIpc) is 2.80. The molecule has 2 aliphatic heterocycles. The van der Waals surface area contributed by atoms with Gasteiger partial charge >= 0.3 is 0 Å². The summed E-state index contributed by atoms with van der Waals surface area (Å²) in [5.41, 5.74) is 5.87. The minimum Gasteiger partial charge on any atom is -0.370 e. The smallest absolute Gasteiger partial charge is 0.211 e. The summed E-state index contributed by atoms with van der Waals surface area (Å²) in [5.74, 6) is 0.759. The summed E-state index contributed by atoms with van der Waals surface area (Å²) < 4.78 is 24.0. The van der Waals surface area contributed by atoms with Gasteiger partial charge in [0, 0.05) is 38.1 Å². The van der Waals surface area contributed by atoms with Crippen LogP contribution in [0.1, 0.15) is 19.8 Å².